The largest absolute Gasteiger partial charge is 0.345 e. The molecule has 0 spiro atoms. The Balaban J connectivity index is 1.79. The minimum atomic E-state index is 0.191. The van der Waals surface area contributed by atoms with Crippen molar-refractivity contribution in [3.05, 3.63) is 30.1 Å². The Kier molecular flexibility index (Phi) is 3.11. The van der Waals surface area contributed by atoms with Gasteiger partial charge in [-0.1, -0.05) is 6.42 Å². The molecule has 1 aliphatic heterocycles. The lowest BCUT2D eigenvalue weighted by molar-refractivity contribution is 0.0917. The Bertz CT molecular complexity index is 555. The van der Waals surface area contributed by atoms with Crippen LogP contribution in [0.25, 0.3) is 11.0 Å². The number of H-pyrrole nitrogens is 1. The highest BCUT2D eigenvalue weighted by Gasteiger charge is 2.17. The zero-order valence-electron chi connectivity index (χ0n) is 10.4. The lowest BCUT2D eigenvalue weighted by Gasteiger charge is -2.25. The topological polar surface area (TPSA) is 49.0 Å². The lowest BCUT2D eigenvalue weighted by Crippen LogP contribution is -2.34. The van der Waals surface area contributed by atoms with Gasteiger partial charge in [0, 0.05) is 23.3 Å². The van der Waals surface area contributed by atoms with Crippen molar-refractivity contribution in [3.63, 3.8) is 0 Å². The Morgan fingerprint density at radius 2 is 2.17 bits per heavy atom. The highest BCUT2D eigenvalue weighted by atomic mass is 16.1. The van der Waals surface area contributed by atoms with Crippen LogP contribution in [0.3, 0.4) is 0 Å². The Labute approximate surface area is 106 Å². The number of Topliss-reactive ketones (excluding diaryl/α,β-unsaturated/α-hetero) is 1. The van der Waals surface area contributed by atoms with Crippen molar-refractivity contribution in [2.45, 2.75) is 19.3 Å². The maximum atomic E-state index is 12.3. The van der Waals surface area contributed by atoms with E-state index in [1.54, 1.807) is 12.4 Å². The van der Waals surface area contributed by atoms with Crippen molar-refractivity contribution in [2.24, 2.45) is 0 Å². The summed E-state index contributed by atoms with van der Waals surface area (Å²) >= 11 is 0. The minimum Gasteiger partial charge on any atom is -0.345 e. The summed E-state index contributed by atoms with van der Waals surface area (Å²) in [7, 11) is 0. The number of ketones is 1. The Morgan fingerprint density at radius 3 is 3.00 bits per heavy atom. The van der Waals surface area contributed by atoms with Gasteiger partial charge in [-0.25, -0.2) is 4.98 Å². The van der Waals surface area contributed by atoms with Gasteiger partial charge in [0.05, 0.1) is 6.54 Å². The van der Waals surface area contributed by atoms with Crippen molar-refractivity contribution >= 4 is 16.8 Å². The fraction of sp³-hybridized carbons (Fsp3) is 0.429. The highest BCUT2D eigenvalue weighted by molar-refractivity contribution is 6.08. The van der Waals surface area contributed by atoms with E-state index in [-0.39, 0.29) is 5.78 Å². The van der Waals surface area contributed by atoms with Crippen molar-refractivity contribution in [3.8, 4) is 0 Å². The van der Waals surface area contributed by atoms with Crippen LogP contribution < -0.4 is 0 Å². The second-order valence-corrected chi connectivity index (χ2v) is 4.86. The maximum Gasteiger partial charge on any atom is 0.179 e. The van der Waals surface area contributed by atoms with Crippen LogP contribution in [-0.4, -0.2) is 40.3 Å². The predicted octanol–water partition coefficient (Wildman–Crippen LogP) is 2.23. The third kappa shape index (κ3) is 2.16. The SMILES string of the molecule is O=C(CN1CCCCC1)c1c[nH]c2ncccc12. The molecule has 2 aromatic heterocycles. The van der Waals surface area contributed by atoms with Crippen LogP contribution >= 0.6 is 0 Å². The van der Waals surface area contributed by atoms with Crippen LogP contribution in [0, 0.1) is 0 Å². The van der Waals surface area contributed by atoms with E-state index in [1.165, 1.54) is 19.3 Å². The van der Waals surface area contributed by atoms with Crippen molar-refractivity contribution in [2.75, 3.05) is 19.6 Å². The molecule has 1 saturated heterocycles. The van der Waals surface area contributed by atoms with E-state index in [1.807, 2.05) is 12.1 Å². The molecule has 1 N–H and O–H groups in total. The summed E-state index contributed by atoms with van der Waals surface area (Å²) in [4.78, 5) is 21.8. The molecule has 0 aromatic carbocycles. The average molecular weight is 243 g/mol. The van der Waals surface area contributed by atoms with Crippen LogP contribution in [0.5, 0.6) is 0 Å². The van der Waals surface area contributed by atoms with Gasteiger partial charge in [0.15, 0.2) is 5.78 Å². The molecule has 0 bridgehead atoms. The van der Waals surface area contributed by atoms with Gasteiger partial charge >= 0.3 is 0 Å². The second-order valence-electron chi connectivity index (χ2n) is 4.86. The number of hydrogen-bond acceptors (Lipinski definition) is 3. The van der Waals surface area contributed by atoms with E-state index < -0.39 is 0 Å². The molecule has 3 rings (SSSR count). The number of hydrogen-bond donors (Lipinski definition) is 1. The number of fused-ring (bicyclic) bond motifs is 1. The zero-order valence-corrected chi connectivity index (χ0v) is 10.4. The molecule has 0 amide bonds. The number of pyridine rings is 1. The normalized spacial score (nSPS) is 17.1. The Hall–Kier alpha value is -1.68. The molecule has 3 heterocycles. The third-order valence-electron chi connectivity index (χ3n) is 3.57. The van der Waals surface area contributed by atoms with E-state index in [2.05, 4.69) is 14.9 Å². The predicted molar refractivity (Wildman–Crippen MR) is 70.7 cm³/mol. The first-order valence-corrected chi connectivity index (χ1v) is 6.52. The number of nitrogens with zero attached hydrogens (tertiary/aromatic N) is 2. The number of carbonyl (C=O) groups is 1. The standard InChI is InChI=1S/C14H17N3O/c18-13(10-17-7-2-1-3-8-17)12-9-16-14-11(12)5-4-6-15-14/h4-6,9H,1-3,7-8,10H2,(H,15,16). The molecular weight excluding hydrogens is 226 g/mol. The van der Waals surface area contributed by atoms with Gasteiger partial charge in [0.25, 0.3) is 0 Å². The summed E-state index contributed by atoms with van der Waals surface area (Å²) in [6.45, 7) is 2.63. The van der Waals surface area contributed by atoms with Crippen molar-refractivity contribution in [1.82, 2.24) is 14.9 Å². The summed E-state index contributed by atoms with van der Waals surface area (Å²) in [6, 6.07) is 3.82. The van der Waals surface area contributed by atoms with Gasteiger partial charge in [0.1, 0.15) is 5.65 Å². The fourth-order valence-electron chi connectivity index (χ4n) is 2.59. The quantitative estimate of drug-likeness (QED) is 0.841. The van der Waals surface area contributed by atoms with Crippen LogP contribution in [-0.2, 0) is 0 Å². The van der Waals surface area contributed by atoms with E-state index in [4.69, 9.17) is 0 Å². The number of nitrogens with one attached hydrogen (secondary N) is 1. The maximum absolute atomic E-state index is 12.3. The van der Waals surface area contributed by atoms with Crippen molar-refractivity contribution in [1.29, 1.82) is 0 Å². The van der Waals surface area contributed by atoms with Gasteiger partial charge in [-0.15, -0.1) is 0 Å². The summed E-state index contributed by atoms with van der Waals surface area (Å²) in [5.41, 5.74) is 1.56. The number of carbonyl (C=O) groups excluding carboxylic acids is 1. The smallest absolute Gasteiger partial charge is 0.179 e. The molecule has 4 heteroatoms. The fourth-order valence-corrected chi connectivity index (χ4v) is 2.59. The number of aromatic nitrogens is 2. The Morgan fingerprint density at radius 1 is 1.33 bits per heavy atom. The number of aromatic amines is 1. The van der Waals surface area contributed by atoms with Crippen LogP contribution in [0.4, 0.5) is 0 Å². The van der Waals surface area contributed by atoms with Crippen LogP contribution in [0.2, 0.25) is 0 Å². The first-order valence-electron chi connectivity index (χ1n) is 6.52. The molecule has 94 valence electrons. The average Bonchev–Trinajstić information content (AvgIpc) is 2.84. The van der Waals surface area contributed by atoms with E-state index in [0.717, 1.165) is 29.7 Å². The van der Waals surface area contributed by atoms with Gasteiger partial charge in [0.2, 0.25) is 0 Å². The zero-order chi connectivity index (χ0) is 12.4. The van der Waals surface area contributed by atoms with E-state index in [0.29, 0.717) is 6.54 Å². The first-order chi connectivity index (χ1) is 8.84. The van der Waals surface area contributed by atoms with E-state index in [9.17, 15) is 4.79 Å². The molecule has 18 heavy (non-hydrogen) atoms. The van der Waals surface area contributed by atoms with Crippen LogP contribution in [0.1, 0.15) is 29.6 Å². The van der Waals surface area contributed by atoms with Gasteiger partial charge in [-0.2, -0.15) is 0 Å². The highest BCUT2D eigenvalue weighted by Crippen LogP contribution is 2.17. The molecule has 4 nitrogen and oxygen atoms in total. The molecule has 1 aliphatic rings. The van der Waals surface area contributed by atoms with Gasteiger partial charge in [-0.05, 0) is 38.1 Å². The molecule has 0 saturated carbocycles. The monoisotopic (exact) mass is 243 g/mol. The molecular formula is C14H17N3O. The molecule has 0 unspecified atom stereocenters. The molecule has 0 atom stereocenters. The molecule has 0 radical (unpaired) electrons. The van der Waals surface area contributed by atoms with Gasteiger partial charge < -0.3 is 4.98 Å². The summed E-state index contributed by atoms with van der Waals surface area (Å²) in [6.07, 6.45) is 7.23. The number of rotatable bonds is 3. The van der Waals surface area contributed by atoms with E-state index >= 15 is 0 Å². The van der Waals surface area contributed by atoms with Crippen LogP contribution in [0.15, 0.2) is 24.5 Å². The third-order valence-corrected chi connectivity index (χ3v) is 3.57. The number of piperidine rings is 1. The minimum absolute atomic E-state index is 0.191. The number of likely N-dealkylation sites (tertiary alicyclic amines) is 1. The lowest BCUT2D eigenvalue weighted by atomic mass is 10.1. The van der Waals surface area contributed by atoms with Crippen molar-refractivity contribution < 1.29 is 4.79 Å². The molecule has 2 aromatic rings. The summed E-state index contributed by atoms with van der Waals surface area (Å²) < 4.78 is 0. The second kappa shape index (κ2) is 4.90. The molecule has 1 fully saturated rings. The van der Waals surface area contributed by atoms with Gasteiger partial charge in [-0.3, -0.25) is 9.69 Å². The summed E-state index contributed by atoms with van der Waals surface area (Å²) in [5, 5.41) is 0.930. The molecule has 0 aliphatic carbocycles. The first kappa shape index (κ1) is 11.4. The summed E-state index contributed by atoms with van der Waals surface area (Å²) in [5.74, 6) is 0.191.